The van der Waals surface area contributed by atoms with Crippen LogP contribution >= 0.6 is 0 Å². The van der Waals surface area contributed by atoms with Gasteiger partial charge in [-0.15, -0.1) is 0 Å². The molecule has 0 N–H and O–H groups in total. The minimum absolute atomic E-state index is 0.285. The minimum atomic E-state index is -1.41. The average molecular weight is 309 g/mol. The maximum Gasteiger partial charge on any atom is 0.341 e. The first kappa shape index (κ1) is 15.1. The van der Waals surface area contributed by atoms with Gasteiger partial charge in [-0.2, -0.15) is 4.48 Å². The molecule has 3 heterocycles. The Morgan fingerprint density at radius 3 is 2.36 bits per heavy atom. The number of amides is 2. The molecule has 3 aliphatic heterocycles. The Hall–Kier alpha value is -1.76. The molecule has 0 saturated carbocycles. The fourth-order valence-electron chi connectivity index (χ4n) is 5.04. The van der Waals surface area contributed by atoms with Gasteiger partial charge in [0.25, 0.3) is 5.91 Å². The zero-order valence-corrected chi connectivity index (χ0v) is 13.2. The quantitative estimate of drug-likeness (QED) is 0.417. The topological polar surface area (TPSA) is 80.8 Å². The number of esters is 1. The largest absolute Gasteiger partial charge is 0.390 e. The molecule has 7 nitrogen and oxygen atoms in total. The summed E-state index contributed by atoms with van der Waals surface area (Å²) >= 11 is 0. The van der Waals surface area contributed by atoms with E-state index >= 15 is 0 Å². The van der Waals surface area contributed by atoms with Gasteiger partial charge in [-0.3, -0.25) is 14.4 Å². The molecule has 3 aliphatic rings. The van der Waals surface area contributed by atoms with Gasteiger partial charge in [-0.1, -0.05) is 0 Å². The van der Waals surface area contributed by atoms with Crippen LogP contribution in [0.3, 0.4) is 0 Å². The average Bonchev–Trinajstić information content (AvgIpc) is 3.02. The van der Waals surface area contributed by atoms with E-state index in [0.717, 1.165) is 0 Å². The van der Waals surface area contributed by atoms with Crippen molar-refractivity contribution in [1.29, 1.82) is 0 Å². The van der Waals surface area contributed by atoms with Gasteiger partial charge in [0.05, 0.1) is 19.9 Å². The van der Waals surface area contributed by atoms with E-state index in [1.807, 2.05) is 0 Å². The van der Waals surface area contributed by atoms with Crippen molar-refractivity contribution in [3.05, 3.63) is 0 Å². The van der Waals surface area contributed by atoms with Crippen LogP contribution in [0.4, 0.5) is 0 Å². The van der Waals surface area contributed by atoms with Gasteiger partial charge >= 0.3 is 17.7 Å². The first-order valence-corrected chi connectivity index (χ1v) is 7.68. The molecule has 0 aromatic heterocycles. The van der Waals surface area contributed by atoms with Crippen molar-refractivity contribution >= 4 is 23.6 Å². The summed E-state index contributed by atoms with van der Waals surface area (Å²) in [5.41, 5.74) is -1.41. The number of fused-ring (bicyclic) bond motifs is 3. The Balaban J connectivity index is 2.32. The predicted octanol–water partition coefficient (Wildman–Crippen LogP) is 0.324. The van der Waals surface area contributed by atoms with Crippen LogP contribution in [0.5, 0.6) is 0 Å². The number of ketones is 1. The SMILES string of the molecule is CC(=O)OC12CCCN1C(=O)C1(C(C)=O)CCC[N+]12C(C)=O. The Kier molecular flexibility index (Phi) is 3.01. The number of quaternary nitrogens is 1. The molecule has 2 amide bonds. The van der Waals surface area contributed by atoms with E-state index < -0.39 is 17.4 Å². The van der Waals surface area contributed by atoms with Crippen LogP contribution in [-0.4, -0.2) is 57.4 Å². The van der Waals surface area contributed by atoms with Crippen LogP contribution in [0, 0.1) is 0 Å². The van der Waals surface area contributed by atoms with Gasteiger partial charge < -0.3 is 4.74 Å². The van der Waals surface area contributed by atoms with Gasteiger partial charge in [-0.25, -0.2) is 9.69 Å². The zero-order chi connectivity index (χ0) is 16.3. The van der Waals surface area contributed by atoms with Crippen LogP contribution in [0.2, 0.25) is 0 Å². The van der Waals surface area contributed by atoms with Crippen LogP contribution < -0.4 is 0 Å². The summed E-state index contributed by atoms with van der Waals surface area (Å²) in [6.45, 7) is 4.79. The van der Waals surface area contributed by atoms with E-state index in [-0.39, 0.29) is 22.1 Å². The van der Waals surface area contributed by atoms with Crippen LogP contribution in [-0.2, 0) is 23.9 Å². The van der Waals surface area contributed by atoms with Gasteiger partial charge in [-0.05, 0) is 6.42 Å². The number of ether oxygens (including phenoxy) is 1. The van der Waals surface area contributed by atoms with E-state index in [0.29, 0.717) is 38.8 Å². The van der Waals surface area contributed by atoms with Gasteiger partial charge in [0.2, 0.25) is 11.3 Å². The molecular formula is C15H21N2O5+. The Morgan fingerprint density at radius 2 is 1.82 bits per heavy atom. The van der Waals surface area contributed by atoms with E-state index in [1.54, 1.807) is 0 Å². The molecule has 0 bridgehead atoms. The smallest absolute Gasteiger partial charge is 0.341 e. The minimum Gasteiger partial charge on any atom is -0.390 e. The second-order valence-corrected chi connectivity index (χ2v) is 6.47. The lowest BCUT2D eigenvalue weighted by Gasteiger charge is -2.45. The zero-order valence-electron chi connectivity index (χ0n) is 13.2. The highest BCUT2D eigenvalue weighted by molar-refractivity contribution is 6.11. The molecular weight excluding hydrogens is 288 g/mol. The summed E-state index contributed by atoms with van der Waals surface area (Å²) in [7, 11) is 0. The van der Waals surface area contributed by atoms with E-state index in [9.17, 15) is 19.2 Å². The normalized spacial score (nSPS) is 39.6. The fourth-order valence-corrected chi connectivity index (χ4v) is 5.04. The predicted molar refractivity (Wildman–Crippen MR) is 73.9 cm³/mol. The first-order valence-electron chi connectivity index (χ1n) is 7.68. The third-order valence-electron chi connectivity index (χ3n) is 5.61. The highest BCUT2D eigenvalue weighted by atomic mass is 16.6. The number of Topliss-reactive ketones (excluding diaryl/α,β-unsaturated/α-hetero) is 1. The Labute approximate surface area is 128 Å². The Bertz CT molecular complexity index is 603. The fraction of sp³-hybridized carbons (Fsp3) is 0.733. The van der Waals surface area contributed by atoms with Crippen molar-refractivity contribution in [2.24, 2.45) is 0 Å². The molecule has 7 heteroatoms. The summed E-state index contributed by atoms with van der Waals surface area (Å²) in [6, 6.07) is 0. The molecule has 0 aliphatic carbocycles. The molecule has 120 valence electrons. The molecule has 0 aromatic carbocycles. The number of hydrogen-bond acceptors (Lipinski definition) is 5. The van der Waals surface area contributed by atoms with Crippen molar-refractivity contribution in [1.82, 2.24) is 4.90 Å². The molecule has 0 spiro atoms. The van der Waals surface area contributed by atoms with E-state index in [1.165, 1.54) is 25.7 Å². The van der Waals surface area contributed by atoms with Crippen LogP contribution in [0.25, 0.3) is 0 Å². The summed E-state index contributed by atoms with van der Waals surface area (Å²) < 4.78 is 5.24. The second-order valence-electron chi connectivity index (χ2n) is 6.47. The van der Waals surface area contributed by atoms with Crippen molar-refractivity contribution in [3.8, 4) is 0 Å². The monoisotopic (exact) mass is 309 g/mol. The Morgan fingerprint density at radius 1 is 1.14 bits per heavy atom. The lowest BCUT2D eigenvalue weighted by molar-refractivity contribution is -0.944. The maximum atomic E-state index is 13.1. The van der Waals surface area contributed by atoms with Crippen LogP contribution in [0.15, 0.2) is 0 Å². The number of hydrogen-bond donors (Lipinski definition) is 0. The molecule has 3 rings (SSSR count). The first-order chi connectivity index (χ1) is 10.3. The lowest BCUT2D eigenvalue weighted by Crippen LogP contribution is -2.73. The van der Waals surface area contributed by atoms with Crippen molar-refractivity contribution < 1.29 is 28.4 Å². The number of rotatable bonds is 2. The van der Waals surface area contributed by atoms with Crippen LogP contribution in [0.1, 0.15) is 46.5 Å². The van der Waals surface area contributed by atoms with E-state index in [4.69, 9.17) is 4.74 Å². The van der Waals surface area contributed by atoms with Crippen molar-refractivity contribution in [3.63, 3.8) is 0 Å². The number of carbonyl (C=O) groups excluding carboxylic acids is 4. The molecule has 0 aromatic rings. The highest BCUT2D eigenvalue weighted by Crippen LogP contribution is 2.57. The molecule has 3 atom stereocenters. The van der Waals surface area contributed by atoms with Gasteiger partial charge in [0.15, 0.2) is 0 Å². The second kappa shape index (κ2) is 4.38. The molecule has 3 fully saturated rings. The third-order valence-corrected chi connectivity index (χ3v) is 5.61. The van der Waals surface area contributed by atoms with Gasteiger partial charge in [0, 0.05) is 33.2 Å². The van der Waals surface area contributed by atoms with E-state index in [2.05, 4.69) is 0 Å². The summed E-state index contributed by atoms with van der Waals surface area (Å²) in [5, 5.41) is 0. The molecule has 3 unspecified atom stereocenters. The highest BCUT2D eigenvalue weighted by Gasteiger charge is 2.85. The summed E-state index contributed by atoms with van der Waals surface area (Å²) in [6.07, 6.45) is 1.97. The van der Waals surface area contributed by atoms with Crippen molar-refractivity contribution in [2.45, 2.75) is 57.8 Å². The van der Waals surface area contributed by atoms with Crippen molar-refractivity contribution in [2.75, 3.05) is 13.1 Å². The number of nitrogens with zero attached hydrogens (tertiary/aromatic N) is 2. The molecule has 3 saturated heterocycles. The lowest BCUT2D eigenvalue weighted by atomic mass is 9.89. The molecule has 22 heavy (non-hydrogen) atoms. The standard InChI is InChI=1S/C15H21N2O5/c1-10(18)14-6-5-9-17(14,11(2)19)15(22-12(3)20)7-4-8-16(15)13(14)21/h4-9H2,1-3H3/q+1. The van der Waals surface area contributed by atoms with Gasteiger partial charge in [0.1, 0.15) is 0 Å². The maximum absolute atomic E-state index is 13.1. The summed E-state index contributed by atoms with van der Waals surface area (Å²) in [4.78, 5) is 51.4. The third kappa shape index (κ3) is 1.31. The molecule has 0 radical (unpaired) electrons. The summed E-state index contributed by atoms with van der Waals surface area (Å²) in [5.74, 6) is -2.83. The number of carbonyl (C=O) groups is 4.